The molecule has 0 radical (unpaired) electrons. The van der Waals surface area contributed by atoms with Gasteiger partial charge in [-0.1, -0.05) is 32.8 Å². The Bertz CT molecular complexity index is 369. The van der Waals surface area contributed by atoms with E-state index >= 15 is 0 Å². The maximum atomic E-state index is 14.2. The predicted octanol–water partition coefficient (Wildman–Crippen LogP) is 4.25. The molecule has 1 aromatic carbocycles. The van der Waals surface area contributed by atoms with Gasteiger partial charge in [0.25, 0.3) is 0 Å². The SMILES string of the molecule is CCCCN(CCCC)c1ccc([C@H](C)N)cc1F. The van der Waals surface area contributed by atoms with Gasteiger partial charge in [0.2, 0.25) is 0 Å². The summed E-state index contributed by atoms with van der Waals surface area (Å²) in [6, 6.07) is 5.27. The van der Waals surface area contributed by atoms with Gasteiger partial charge < -0.3 is 10.6 Å². The second-order valence-corrected chi connectivity index (χ2v) is 5.19. The molecule has 3 heteroatoms. The monoisotopic (exact) mass is 266 g/mol. The van der Waals surface area contributed by atoms with E-state index in [1.54, 1.807) is 6.07 Å². The maximum absolute atomic E-state index is 14.2. The second-order valence-electron chi connectivity index (χ2n) is 5.19. The van der Waals surface area contributed by atoms with Crippen molar-refractivity contribution in [3.05, 3.63) is 29.6 Å². The standard InChI is InChI=1S/C16H27FN2/c1-4-6-10-19(11-7-5-2)16-9-8-14(13(3)18)12-15(16)17/h8-9,12-13H,4-7,10-11,18H2,1-3H3/t13-/m0/s1. The molecule has 0 heterocycles. The topological polar surface area (TPSA) is 29.3 Å². The largest absolute Gasteiger partial charge is 0.369 e. The lowest BCUT2D eigenvalue weighted by Gasteiger charge is -2.25. The summed E-state index contributed by atoms with van der Waals surface area (Å²) in [5.74, 6) is -0.151. The van der Waals surface area contributed by atoms with Crippen LogP contribution in [0, 0.1) is 5.82 Å². The third-order valence-corrected chi connectivity index (χ3v) is 3.40. The van der Waals surface area contributed by atoms with Gasteiger partial charge in [0.1, 0.15) is 5.82 Å². The van der Waals surface area contributed by atoms with Gasteiger partial charge in [-0.2, -0.15) is 0 Å². The molecule has 0 amide bonds. The van der Waals surface area contributed by atoms with Gasteiger partial charge in [0.05, 0.1) is 5.69 Å². The molecule has 0 spiro atoms. The number of nitrogens with zero attached hydrogens (tertiary/aromatic N) is 1. The molecule has 2 N–H and O–H groups in total. The van der Waals surface area contributed by atoms with Crippen LogP contribution < -0.4 is 10.6 Å². The molecule has 0 unspecified atom stereocenters. The van der Waals surface area contributed by atoms with Gasteiger partial charge in [0.15, 0.2) is 0 Å². The van der Waals surface area contributed by atoms with Crippen molar-refractivity contribution in [2.75, 3.05) is 18.0 Å². The number of anilines is 1. The van der Waals surface area contributed by atoms with Gasteiger partial charge in [-0.3, -0.25) is 0 Å². The summed E-state index contributed by atoms with van der Waals surface area (Å²) in [6.45, 7) is 8.04. The van der Waals surface area contributed by atoms with Crippen molar-refractivity contribution in [1.82, 2.24) is 0 Å². The normalized spacial score (nSPS) is 12.5. The summed E-state index contributed by atoms with van der Waals surface area (Å²) >= 11 is 0. The quantitative estimate of drug-likeness (QED) is 0.762. The number of halogens is 1. The van der Waals surface area contributed by atoms with Crippen LogP contribution in [-0.2, 0) is 0 Å². The van der Waals surface area contributed by atoms with Crippen molar-refractivity contribution >= 4 is 5.69 Å². The van der Waals surface area contributed by atoms with Crippen LogP contribution in [0.25, 0.3) is 0 Å². The predicted molar refractivity (Wildman–Crippen MR) is 81.0 cm³/mol. The van der Waals surface area contributed by atoms with E-state index in [1.165, 1.54) is 0 Å². The Labute approximate surface area is 116 Å². The molecule has 0 aliphatic heterocycles. The highest BCUT2D eigenvalue weighted by Gasteiger charge is 2.12. The van der Waals surface area contributed by atoms with Crippen molar-refractivity contribution in [2.24, 2.45) is 5.73 Å². The molecule has 0 saturated heterocycles. The van der Waals surface area contributed by atoms with Crippen LogP contribution in [0.1, 0.15) is 58.1 Å². The third-order valence-electron chi connectivity index (χ3n) is 3.40. The van der Waals surface area contributed by atoms with E-state index in [2.05, 4.69) is 18.7 Å². The smallest absolute Gasteiger partial charge is 0.146 e. The maximum Gasteiger partial charge on any atom is 0.146 e. The molecule has 0 aliphatic carbocycles. The van der Waals surface area contributed by atoms with E-state index in [4.69, 9.17) is 5.73 Å². The Hall–Kier alpha value is -1.09. The molecule has 0 fully saturated rings. The Kier molecular flexibility index (Phi) is 6.85. The number of hydrogen-bond donors (Lipinski definition) is 1. The van der Waals surface area contributed by atoms with Crippen molar-refractivity contribution in [2.45, 2.75) is 52.5 Å². The fourth-order valence-corrected chi connectivity index (χ4v) is 2.11. The van der Waals surface area contributed by atoms with Crippen LogP contribution in [0.2, 0.25) is 0 Å². The molecule has 1 rings (SSSR count). The van der Waals surface area contributed by atoms with Crippen molar-refractivity contribution in [3.8, 4) is 0 Å². The highest BCUT2D eigenvalue weighted by Crippen LogP contribution is 2.23. The minimum absolute atomic E-state index is 0.122. The molecule has 2 nitrogen and oxygen atoms in total. The Morgan fingerprint density at radius 3 is 2.16 bits per heavy atom. The van der Waals surface area contributed by atoms with Crippen LogP contribution in [0.4, 0.5) is 10.1 Å². The van der Waals surface area contributed by atoms with Crippen molar-refractivity contribution in [3.63, 3.8) is 0 Å². The molecule has 0 aliphatic rings. The fourth-order valence-electron chi connectivity index (χ4n) is 2.11. The number of unbranched alkanes of at least 4 members (excludes halogenated alkanes) is 2. The second kappa shape index (κ2) is 8.16. The van der Waals surface area contributed by atoms with E-state index in [-0.39, 0.29) is 11.9 Å². The number of benzene rings is 1. The first-order valence-electron chi connectivity index (χ1n) is 7.40. The number of rotatable bonds is 8. The van der Waals surface area contributed by atoms with Gasteiger partial charge in [0, 0.05) is 19.1 Å². The minimum Gasteiger partial charge on any atom is -0.369 e. The van der Waals surface area contributed by atoms with Crippen LogP contribution in [-0.4, -0.2) is 13.1 Å². The summed E-state index contributed by atoms with van der Waals surface area (Å²) in [5, 5.41) is 0. The lowest BCUT2D eigenvalue weighted by Crippen LogP contribution is -2.26. The molecule has 0 bridgehead atoms. The average molecular weight is 266 g/mol. The summed E-state index contributed by atoms with van der Waals surface area (Å²) in [6.07, 6.45) is 4.45. The average Bonchev–Trinajstić information content (AvgIpc) is 2.39. The molecule has 1 atom stereocenters. The summed E-state index contributed by atoms with van der Waals surface area (Å²) in [5.41, 5.74) is 7.36. The summed E-state index contributed by atoms with van der Waals surface area (Å²) in [7, 11) is 0. The highest BCUT2D eigenvalue weighted by atomic mass is 19.1. The van der Waals surface area contributed by atoms with Crippen LogP contribution in [0.15, 0.2) is 18.2 Å². The van der Waals surface area contributed by atoms with Crippen LogP contribution in [0.5, 0.6) is 0 Å². The van der Waals surface area contributed by atoms with Crippen molar-refractivity contribution in [1.29, 1.82) is 0 Å². The zero-order chi connectivity index (χ0) is 14.3. The summed E-state index contributed by atoms with van der Waals surface area (Å²) in [4.78, 5) is 2.16. The van der Waals surface area contributed by atoms with Gasteiger partial charge in [-0.05, 0) is 37.5 Å². The molecule has 19 heavy (non-hydrogen) atoms. The fraction of sp³-hybridized carbons (Fsp3) is 0.625. The van der Waals surface area contributed by atoms with E-state index in [1.807, 2.05) is 19.1 Å². The van der Waals surface area contributed by atoms with E-state index in [9.17, 15) is 4.39 Å². The Balaban J connectivity index is 2.87. The number of nitrogens with two attached hydrogens (primary N) is 1. The van der Waals surface area contributed by atoms with Gasteiger partial charge >= 0.3 is 0 Å². The first-order valence-corrected chi connectivity index (χ1v) is 7.40. The Morgan fingerprint density at radius 2 is 1.74 bits per heavy atom. The first kappa shape index (κ1) is 16.0. The zero-order valence-corrected chi connectivity index (χ0v) is 12.5. The molecule has 1 aromatic rings. The van der Waals surface area contributed by atoms with E-state index in [0.717, 1.165) is 44.3 Å². The minimum atomic E-state index is -0.151. The number of hydrogen-bond acceptors (Lipinski definition) is 2. The van der Waals surface area contributed by atoms with E-state index in [0.29, 0.717) is 5.69 Å². The van der Waals surface area contributed by atoms with E-state index < -0.39 is 0 Å². The molecule has 108 valence electrons. The van der Waals surface area contributed by atoms with Crippen LogP contribution >= 0.6 is 0 Å². The van der Waals surface area contributed by atoms with Gasteiger partial charge in [-0.25, -0.2) is 4.39 Å². The van der Waals surface area contributed by atoms with Crippen molar-refractivity contribution < 1.29 is 4.39 Å². The lowest BCUT2D eigenvalue weighted by molar-refractivity contribution is 0.601. The molecule has 0 saturated carbocycles. The van der Waals surface area contributed by atoms with Crippen LogP contribution in [0.3, 0.4) is 0 Å². The summed E-state index contributed by atoms with van der Waals surface area (Å²) < 4.78 is 14.2. The Morgan fingerprint density at radius 1 is 1.16 bits per heavy atom. The first-order chi connectivity index (χ1) is 9.10. The molecular formula is C16H27FN2. The lowest BCUT2D eigenvalue weighted by atomic mass is 10.1. The van der Waals surface area contributed by atoms with Gasteiger partial charge in [-0.15, -0.1) is 0 Å². The highest BCUT2D eigenvalue weighted by molar-refractivity contribution is 5.49. The molecular weight excluding hydrogens is 239 g/mol. The third kappa shape index (κ3) is 4.83. The zero-order valence-electron chi connectivity index (χ0n) is 12.5. The molecule has 0 aromatic heterocycles.